The lowest BCUT2D eigenvalue weighted by Crippen LogP contribution is -2.66. The zero-order valence-electron chi connectivity index (χ0n) is 15.9. The van der Waals surface area contributed by atoms with E-state index < -0.39 is 0 Å². The van der Waals surface area contributed by atoms with E-state index in [1.165, 1.54) is 19.3 Å². The van der Waals surface area contributed by atoms with E-state index in [-0.39, 0.29) is 16.4 Å². The lowest BCUT2D eigenvalue weighted by Gasteiger charge is -2.55. The van der Waals surface area contributed by atoms with Crippen LogP contribution in [0.15, 0.2) is 0 Å². The largest absolute Gasteiger partial charge is 0.309 e. The number of nitrogens with one attached hydrogen (secondary N) is 1. The summed E-state index contributed by atoms with van der Waals surface area (Å²) in [6.45, 7) is 21.7. The summed E-state index contributed by atoms with van der Waals surface area (Å²) in [5.41, 5.74) is 0.793. The van der Waals surface area contributed by atoms with Crippen molar-refractivity contribution in [1.82, 2.24) is 10.2 Å². The first-order valence-corrected chi connectivity index (χ1v) is 8.86. The van der Waals surface area contributed by atoms with Crippen molar-refractivity contribution in [3.63, 3.8) is 0 Å². The van der Waals surface area contributed by atoms with Crippen LogP contribution in [-0.4, -0.2) is 34.6 Å². The molecule has 2 aliphatic rings. The average molecular weight is 295 g/mol. The van der Waals surface area contributed by atoms with Crippen LogP contribution in [0.4, 0.5) is 0 Å². The van der Waals surface area contributed by atoms with E-state index in [2.05, 4.69) is 72.5 Å². The molecule has 2 nitrogen and oxygen atoms in total. The van der Waals surface area contributed by atoms with Crippen LogP contribution in [-0.2, 0) is 0 Å². The van der Waals surface area contributed by atoms with Gasteiger partial charge in [0.15, 0.2) is 0 Å². The van der Waals surface area contributed by atoms with Gasteiger partial charge in [0.05, 0.1) is 0 Å². The lowest BCUT2D eigenvalue weighted by atomic mass is 9.70. The molecule has 0 aromatic rings. The molecule has 0 aromatic carbocycles. The summed E-state index contributed by atoms with van der Waals surface area (Å²) in [6, 6.07) is 2.59. The van der Waals surface area contributed by atoms with Gasteiger partial charge < -0.3 is 5.32 Å². The molecule has 2 bridgehead atoms. The molecule has 1 aliphatic heterocycles. The fourth-order valence-electron chi connectivity index (χ4n) is 4.70. The van der Waals surface area contributed by atoms with Gasteiger partial charge in [-0.1, -0.05) is 41.5 Å². The molecule has 4 unspecified atom stereocenters. The van der Waals surface area contributed by atoms with Crippen molar-refractivity contribution in [3.05, 3.63) is 0 Å². The molecule has 2 fully saturated rings. The van der Waals surface area contributed by atoms with Crippen LogP contribution in [0.3, 0.4) is 0 Å². The minimum Gasteiger partial charge on any atom is -0.309 e. The van der Waals surface area contributed by atoms with Gasteiger partial charge in [-0.25, -0.2) is 0 Å². The predicted octanol–water partition coefficient (Wildman–Crippen LogP) is 4.44. The van der Waals surface area contributed by atoms with E-state index >= 15 is 0 Å². The summed E-state index contributed by atoms with van der Waals surface area (Å²) < 4.78 is 0. The molecule has 1 N–H and O–H groups in total. The Bertz CT molecular complexity index is 366. The summed E-state index contributed by atoms with van der Waals surface area (Å²) in [4.78, 5) is 2.88. The van der Waals surface area contributed by atoms with Crippen LogP contribution in [0.5, 0.6) is 0 Å². The monoisotopic (exact) mass is 294 g/mol. The van der Waals surface area contributed by atoms with E-state index in [1.807, 2.05) is 0 Å². The Morgan fingerprint density at radius 2 is 1.38 bits per heavy atom. The highest BCUT2D eigenvalue weighted by Gasteiger charge is 2.51. The Balaban J connectivity index is 2.51. The van der Waals surface area contributed by atoms with E-state index in [9.17, 15) is 0 Å². The maximum atomic E-state index is 4.06. The standard InChI is InChI=1S/C19H38N2/c1-17(2,3)15-16(18(4,5)6)21(19(7,8)9)14-11-10-13(12-14)20-15/h13-16,20H,10-12H2,1-9H3. The molecule has 1 saturated carbocycles. The van der Waals surface area contributed by atoms with Crippen molar-refractivity contribution in [1.29, 1.82) is 0 Å². The molecule has 21 heavy (non-hydrogen) atoms. The van der Waals surface area contributed by atoms with Crippen LogP contribution in [0.2, 0.25) is 0 Å². The summed E-state index contributed by atoms with van der Waals surface area (Å²) in [6.07, 6.45) is 4.04. The highest BCUT2D eigenvalue weighted by molar-refractivity contribution is 5.08. The van der Waals surface area contributed by atoms with Crippen molar-refractivity contribution >= 4 is 0 Å². The quantitative estimate of drug-likeness (QED) is 0.710. The van der Waals surface area contributed by atoms with Gasteiger partial charge in [-0.3, -0.25) is 4.90 Å². The molecule has 4 atom stereocenters. The van der Waals surface area contributed by atoms with Gasteiger partial charge in [-0.05, 0) is 50.9 Å². The summed E-state index contributed by atoms with van der Waals surface area (Å²) in [5, 5.41) is 4.06. The Morgan fingerprint density at radius 1 is 0.810 bits per heavy atom. The zero-order chi connectivity index (χ0) is 16.2. The second-order valence-electron chi connectivity index (χ2n) is 10.6. The van der Waals surface area contributed by atoms with Crippen molar-refractivity contribution in [2.24, 2.45) is 10.8 Å². The Labute approximate surface area is 133 Å². The maximum absolute atomic E-state index is 4.06. The van der Waals surface area contributed by atoms with E-state index in [0.29, 0.717) is 12.1 Å². The van der Waals surface area contributed by atoms with Gasteiger partial charge in [0.2, 0.25) is 0 Å². The van der Waals surface area contributed by atoms with Crippen molar-refractivity contribution < 1.29 is 0 Å². The van der Waals surface area contributed by atoms with Crippen LogP contribution in [0.1, 0.15) is 81.6 Å². The first-order valence-electron chi connectivity index (χ1n) is 8.86. The molecule has 2 rings (SSSR count). The molecule has 0 spiro atoms. The summed E-state index contributed by atoms with van der Waals surface area (Å²) in [5.74, 6) is 0. The lowest BCUT2D eigenvalue weighted by molar-refractivity contribution is -0.0446. The number of hydrogen-bond donors (Lipinski definition) is 1. The Kier molecular flexibility index (Phi) is 4.30. The molecule has 1 aliphatic carbocycles. The minimum absolute atomic E-state index is 0.229. The van der Waals surface area contributed by atoms with Crippen LogP contribution < -0.4 is 5.32 Å². The molecule has 124 valence electrons. The number of nitrogens with zero attached hydrogens (tertiary/aromatic N) is 1. The van der Waals surface area contributed by atoms with Gasteiger partial charge in [-0.15, -0.1) is 0 Å². The molecule has 1 heterocycles. The van der Waals surface area contributed by atoms with Gasteiger partial charge in [0.1, 0.15) is 0 Å². The molecule has 0 radical (unpaired) electrons. The first kappa shape index (κ1) is 17.3. The van der Waals surface area contributed by atoms with Crippen molar-refractivity contribution in [2.45, 2.75) is 111 Å². The highest BCUT2D eigenvalue weighted by atomic mass is 15.3. The second-order valence-corrected chi connectivity index (χ2v) is 10.6. The van der Waals surface area contributed by atoms with Crippen molar-refractivity contribution in [3.8, 4) is 0 Å². The molecular formula is C19H38N2. The molecule has 0 aromatic heterocycles. The predicted molar refractivity (Wildman–Crippen MR) is 92.6 cm³/mol. The van der Waals surface area contributed by atoms with Crippen LogP contribution in [0.25, 0.3) is 0 Å². The van der Waals surface area contributed by atoms with Gasteiger partial charge in [-0.2, -0.15) is 0 Å². The molecular weight excluding hydrogens is 256 g/mol. The normalized spacial score (nSPS) is 35.9. The van der Waals surface area contributed by atoms with Crippen LogP contribution in [0, 0.1) is 10.8 Å². The SMILES string of the molecule is CC(C)(C)C1NC2CCC(C2)N(C(C)(C)C)C1C(C)(C)C. The fraction of sp³-hybridized carbons (Fsp3) is 1.00. The molecule has 0 amide bonds. The highest BCUT2D eigenvalue weighted by Crippen LogP contribution is 2.44. The zero-order valence-corrected chi connectivity index (χ0v) is 15.9. The van der Waals surface area contributed by atoms with Gasteiger partial charge >= 0.3 is 0 Å². The number of hydrogen-bond acceptors (Lipinski definition) is 2. The smallest absolute Gasteiger partial charge is 0.0311 e. The van der Waals surface area contributed by atoms with Crippen molar-refractivity contribution in [2.75, 3.05) is 0 Å². The van der Waals surface area contributed by atoms with E-state index in [4.69, 9.17) is 0 Å². The van der Waals surface area contributed by atoms with Gasteiger partial charge in [0.25, 0.3) is 0 Å². The third-order valence-electron chi connectivity index (χ3n) is 5.42. The second kappa shape index (κ2) is 5.23. The topological polar surface area (TPSA) is 15.3 Å². The third kappa shape index (κ3) is 3.47. The Hall–Kier alpha value is -0.0800. The maximum Gasteiger partial charge on any atom is 0.0311 e. The van der Waals surface area contributed by atoms with Crippen LogP contribution >= 0.6 is 0 Å². The van der Waals surface area contributed by atoms with E-state index in [1.54, 1.807) is 0 Å². The fourth-order valence-corrected chi connectivity index (χ4v) is 4.70. The number of fused-ring (bicyclic) bond motifs is 2. The Morgan fingerprint density at radius 3 is 1.81 bits per heavy atom. The third-order valence-corrected chi connectivity index (χ3v) is 5.42. The molecule has 1 saturated heterocycles. The van der Waals surface area contributed by atoms with E-state index in [0.717, 1.165) is 12.1 Å². The summed E-state index contributed by atoms with van der Waals surface area (Å²) in [7, 11) is 0. The number of rotatable bonds is 0. The van der Waals surface area contributed by atoms with Gasteiger partial charge in [0, 0.05) is 29.7 Å². The molecule has 2 heteroatoms. The average Bonchev–Trinajstić information content (AvgIpc) is 2.53. The minimum atomic E-state index is 0.229. The first-order chi connectivity index (χ1) is 9.32. The summed E-state index contributed by atoms with van der Waals surface area (Å²) >= 11 is 0.